The maximum absolute atomic E-state index is 11.7. The Hall–Kier alpha value is -1.03. The second kappa shape index (κ2) is 11.5. The van der Waals surface area contributed by atoms with E-state index < -0.39 is 67.9 Å². The molecule has 0 radical (unpaired) electrons. The van der Waals surface area contributed by atoms with Crippen LogP contribution in [-0.2, 0) is 36.5 Å². The van der Waals surface area contributed by atoms with E-state index in [4.69, 9.17) is 18.7 Å². The van der Waals surface area contributed by atoms with Gasteiger partial charge < -0.3 is 60.0 Å². The van der Waals surface area contributed by atoms with Gasteiger partial charge >= 0.3 is 7.60 Å². The summed E-state index contributed by atoms with van der Waals surface area (Å²) in [4.78, 5) is 9.28. The first-order valence-corrected chi connectivity index (χ1v) is 14.7. The molecule has 0 aromatic heterocycles. The van der Waals surface area contributed by atoms with Crippen molar-refractivity contribution in [3.05, 3.63) is 35.4 Å². The van der Waals surface area contributed by atoms with Crippen LogP contribution in [0.25, 0.3) is 0 Å². The molecule has 11 atom stereocenters. The maximum atomic E-state index is 11.7. The van der Waals surface area contributed by atoms with Crippen molar-refractivity contribution < 1.29 is 48.6 Å². The molecule has 1 unspecified atom stereocenters. The summed E-state index contributed by atoms with van der Waals surface area (Å²) in [6, 6.07) is 5.77. The van der Waals surface area contributed by atoms with Gasteiger partial charge in [-0.25, -0.2) is 0 Å². The van der Waals surface area contributed by atoms with Gasteiger partial charge in [0.25, 0.3) is 0 Å². The lowest BCUT2D eigenvalue weighted by Gasteiger charge is -2.60. The summed E-state index contributed by atoms with van der Waals surface area (Å²) in [6.07, 6.45) is -5.96. The number of hydrogen-bond acceptors (Lipinski definition) is 12. The van der Waals surface area contributed by atoms with Gasteiger partial charge in [0.15, 0.2) is 0 Å². The molecule has 1 aromatic rings. The van der Waals surface area contributed by atoms with E-state index in [0.717, 1.165) is 17.8 Å². The van der Waals surface area contributed by atoms with Crippen LogP contribution >= 0.6 is 7.60 Å². The Kier molecular flexibility index (Phi) is 9.02. The van der Waals surface area contributed by atoms with Crippen molar-refractivity contribution in [2.45, 2.75) is 86.8 Å². The van der Waals surface area contributed by atoms with Crippen molar-refractivity contribution in [3.8, 4) is 0 Å². The Balaban J connectivity index is 1.46. The zero-order valence-corrected chi connectivity index (χ0v) is 22.9. The Labute approximate surface area is 222 Å². The van der Waals surface area contributed by atoms with Crippen LogP contribution in [-0.4, -0.2) is 113 Å². The third kappa shape index (κ3) is 5.86. The average molecular weight is 562 g/mol. The van der Waals surface area contributed by atoms with Crippen molar-refractivity contribution in [1.82, 2.24) is 16.0 Å². The van der Waals surface area contributed by atoms with Crippen LogP contribution in [0.5, 0.6) is 0 Å². The van der Waals surface area contributed by atoms with E-state index in [1.165, 1.54) is 0 Å². The van der Waals surface area contributed by atoms with E-state index in [9.17, 15) is 29.9 Å². The van der Waals surface area contributed by atoms with Gasteiger partial charge in [0.2, 0.25) is 12.1 Å². The van der Waals surface area contributed by atoms with Crippen LogP contribution in [0.15, 0.2) is 24.3 Å². The van der Waals surface area contributed by atoms with E-state index in [0.29, 0.717) is 6.54 Å². The molecule has 0 amide bonds. The number of nitrogens with one attached hydrogen (secondary N) is 3. The van der Waals surface area contributed by atoms with Crippen LogP contribution in [0.1, 0.15) is 24.5 Å². The van der Waals surface area contributed by atoms with Gasteiger partial charge in [-0.2, -0.15) is 0 Å². The molecule has 0 bridgehead atoms. The van der Waals surface area contributed by atoms with E-state index in [1.807, 2.05) is 12.1 Å². The maximum Gasteiger partial charge on any atom is 0.325 e. The molecule has 38 heavy (non-hydrogen) atoms. The molecule has 13 nitrogen and oxygen atoms in total. The third-order valence-corrected chi connectivity index (χ3v) is 8.20. The first-order chi connectivity index (χ1) is 17.8. The molecule has 8 N–H and O–H groups in total. The summed E-state index contributed by atoms with van der Waals surface area (Å²) >= 11 is 0. The number of benzene rings is 1. The Bertz CT molecular complexity index is 998. The smallest absolute Gasteiger partial charge is 0.325 e. The standard InChI is InChI=1S/C24H40N3O10P/c1-13-9-23(30,12-27-10-14-5-7-15(8-6-14)11-34-38(4,32)33)24(31)22(35-13)36-21-19(29)16(25-2)18(28)17(26-3)20(21)37-24/h5-8,13,16-22,25-31H,9-12H2,1-4H3,(H,32,33)/t13-,16-,17+,18+,19+,20-,21-,22+,23-,24-/m1/s1. The Morgan fingerprint density at radius 2 is 1.66 bits per heavy atom. The third-order valence-electron chi connectivity index (χ3n) is 7.59. The monoisotopic (exact) mass is 561 g/mol. The van der Waals surface area contributed by atoms with Crippen LogP contribution in [0, 0.1) is 0 Å². The highest BCUT2D eigenvalue weighted by Crippen LogP contribution is 2.46. The second-order valence-corrected chi connectivity index (χ2v) is 12.4. The number of aliphatic hydroxyl groups is 4. The fourth-order valence-electron chi connectivity index (χ4n) is 5.59. The van der Waals surface area contributed by atoms with Crippen molar-refractivity contribution in [1.29, 1.82) is 0 Å². The summed E-state index contributed by atoms with van der Waals surface area (Å²) in [5.41, 5.74) is -0.221. The van der Waals surface area contributed by atoms with Crippen LogP contribution in [0.3, 0.4) is 0 Å². The van der Waals surface area contributed by atoms with Crippen molar-refractivity contribution in [2.24, 2.45) is 0 Å². The summed E-state index contributed by atoms with van der Waals surface area (Å²) in [7, 11) is -0.318. The molecular weight excluding hydrogens is 521 g/mol. The molecule has 4 rings (SSSR count). The number of rotatable bonds is 9. The molecule has 14 heteroatoms. The Morgan fingerprint density at radius 1 is 1.03 bits per heavy atom. The van der Waals surface area contributed by atoms with E-state index in [-0.39, 0.29) is 19.6 Å². The summed E-state index contributed by atoms with van der Waals surface area (Å²) in [5, 5.41) is 54.1. The number of fused-ring (bicyclic) bond motifs is 2. The lowest BCUT2D eigenvalue weighted by atomic mass is 9.77. The number of ether oxygens (including phenoxy) is 3. The molecule has 1 saturated carbocycles. The second-order valence-electron chi connectivity index (χ2n) is 10.5. The molecule has 2 saturated heterocycles. The molecule has 2 aliphatic heterocycles. The minimum absolute atomic E-state index is 0.00954. The molecular formula is C24H40N3O10P. The summed E-state index contributed by atoms with van der Waals surface area (Å²) < 4.78 is 34.2. The largest absolute Gasteiger partial charge is 0.390 e. The van der Waals surface area contributed by atoms with Crippen LogP contribution < -0.4 is 16.0 Å². The molecule has 3 aliphatic rings. The average Bonchev–Trinajstić information content (AvgIpc) is 2.84. The fourth-order valence-corrected chi connectivity index (χ4v) is 5.98. The van der Waals surface area contributed by atoms with Crippen molar-refractivity contribution in [2.75, 3.05) is 27.3 Å². The minimum Gasteiger partial charge on any atom is -0.390 e. The van der Waals surface area contributed by atoms with Gasteiger partial charge in [0.1, 0.15) is 23.9 Å². The van der Waals surface area contributed by atoms with Crippen molar-refractivity contribution in [3.63, 3.8) is 0 Å². The van der Waals surface area contributed by atoms with Gasteiger partial charge in [0.05, 0.1) is 30.9 Å². The lowest BCUT2D eigenvalue weighted by Crippen LogP contribution is -2.81. The van der Waals surface area contributed by atoms with Crippen LogP contribution in [0.4, 0.5) is 0 Å². The quantitative estimate of drug-likeness (QED) is 0.160. The molecule has 2 heterocycles. The summed E-state index contributed by atoms with van der Waals surface area (Å²) in [5.74, 6) is -2.28. The number of aliphatic hydroxyl groups excluding tert-OH is 2. The highest BCUT2D eigenvalue weighted by Gasteiger charge is 2.68. The van der Waals surface area contributed by atoms with E-state index >= 15 is 0 Å². The normalized spacial score (nSPS) is 42.7. The zero-order valence-electron chi connectivity index (χ0n) is 22.0. The summed E-state index contributed by atoms with van der Waals surface area (Å²) in [6.45, 7) is 3.16. The predicted octanol–water partition coefficient (Wildman–Crippen LogP) is -1.64. The SMILES string of the molecule is CN[C@@H]1[C@H](O)[C@H](NC)[C@H]2O[C@]3(O)[C@H](O[C@@H]2[C@H]1O)O[C@H](C)C[C@@]3(O)CNCc1ccc(COP(C)(=O)O)cc1. The highest BCUT2D eigenvalue weighted by molar-refractivity contribution is 7.51. The molecule has 216 valence electrons. The predicted molar refractivity (Wildman–Crippen MR) is 135 cm³/mol. The molecule has 1 aromatic carbocycles. The van der Waals surface area contributed by atoms with Gasteiger partial charge in [-0.3, -0.25) is 4.57 Å². The van der Waals surface area contributed by atoms with Gasteiger partial charge in [-0.15, -0.1) is 0 Å². The van der Waals surface area contributed by atoms with Gasteiger partial charge in [-0.1, -0.05) is 24.3 Å². The Morgan fingerprint density at radius 3 is 2.26 bits per heavy atom. The van der Waals surface area contributed by atoms with Crippen LogP contribution in [0.2, 0.25) is 0 Å². The van der Waals surface area contributed by atoms with Crippen molar-refractivity contribution >= 4 is 7.60 Å². The topological polar surface area (TPSA) is 191 Å². The number of hydrogen-bond donors (Lipinski definition) is 8. The lowest BCUT2D eigenvalue weighted by molar-refractivity contribution is -0.482. The first-order valence-electron chi connectivity index (χ1n) is 12.7. The van der Waals surface area contributed by atoms with E-state index in [1.54, 1.807) is 33.2 Å². The van der Waals surface area contributed by atoms with E-state index in [2.05, 4.69) is 16.0 Å². The fraction of sp³-hybridized carbons (Fsp3) is 0.750. The number of likely N-dealkylation sites (N-methyl/N-ethyl adjacent to an activating group) is 2. The molecule has 3 fully saturated rings. The minimum atomic E-state index is -3.57. The molecule has 1 aliphatic carbocycles. The zero-order chi connectivity index (χ0) is 27.9. The first kappa shape index (κ1) is 29.9. The van der Waals surface area contributed by atoms with Gasteiger partial charge in [0, 0.05) is 26.2 Å². The highest BCUT2D eigenvalue weighted by atomic mass is 31.2. The molecule has 0 spiro atoms. The van der Waals surface area contributed by atoms with Gasteiger partial charge in [-0.05, 0) is 32.1 Å².